The van der Waals surface area contributed by atoms with Gasteiger partial charge in [0.2, 0.25) is 0 Å². The Hall–Kier alpha value is -1.19. The molecule has 0 atom stereocenters. The van der Waals surface area contributed by atoms with Gasteiger partial charge in [0.1, 0.15) is 0 Å². The Morgan fingerprint density at radius 2 is 1.94 bits per heavy atom. The molecule has 1 rings (SSSR count). The third-order valence-electron chi connectivity index (χ3n) is 2.75. The first-order chi connectivity index (χ1) is 8.74. The zero-order valence-electron chi connectivity index (χ0n) is 11.1. The summed E-state index contributed by atoms with van der Waals surface area (Å²) in [6.07, 6.45) is 1.94. The second kappa shape index (κ2) is 8.01. The normalized spacial score (nSPS) is 11.2. The number of benzene rings is 1. The van der Waals surface area contributed by atoms with Gasteiger partial charge in [0, 0.05) is 18.6 Å². The van der Waals surface area contributed by atoms with Crippen molar-refractivity contribution in [2.24, 2.45) is 0 Å². The van der Waals surface area contributed by atoms with Crippen molar-refractivity contribution in [3.05, 3.63) is 35.4 Å². The number of likely N-dealkylation sites (N-methyl/N-ethyl adjacent to an activating group) is 1. The molecule has 18 heavy (non-hydrogen) atoms. The van der Waals surface area contributed by atoms with Crippen LogP contribution in [0.15, 0.2) is 29.8 Å². The van der Waals surface area contributed by atoms with Gasteiger partial charge in [-0.15, -0.1) is 0 Å². The summed E-state index contributed by atoms with van der Waals surface area (Å²) in [5, 5.41) is 0. The molecule has 100 valence electrons. The predicted octanol–water partition coefficient (Wildman–Crippen LogP) is 3.28. The van der Waals surface area contributed by atoms with E-state index in [2.05, 4.69) is 17.9 Å². The van der Waals surface area contributed by atoms with Gasteiger partial charge in [0.05, 0.1) is 14.2 Å². The van der Waals surface area contributed by atoms with E-state index >= 15 is 0 Å². The number of ether oxygens (including phenoxy) is 2. The van der Waals surface area contributed by atoms with Crippen molar-refractivity contribution in [3.8, 4) is 11.5 Å². The van der Waals surface area contributed by atoms with E-state index in [0.717, 1.165) is 31.1 Å². The summed E-state index contributed by atoms with van der Waals surface area (Å²) < 4.78 is 10.5. The van der Waals surface area contributed by atoms with E-state index in [-0.39, 0.29) is 0 Å². The van der Waals surface area contributed by atoms with Crippen molar-refractivity contribution in [2.75, 3.05) is 27.3 Å². The van der Waals surface area contributed by atoms with Crippen molar-refractivity contribution < 1.29 is 9.47 Å². The molecule has 0 aliphatic carbocycles. The minimum Gasteiger partial charge on any atom is -0.493 e. The highest BCUT2D eigenvalue weighted by Crippen LogP contribution is 2.27. The van der Waals surface area contributed by atoms with Crippen molar-refractivity contribution in [3.63, 3.8) is 0 Å². The Morgan fingerprint density at radius 1 is 1.22 bits per heavy atom. The number of methoxy groups -OCH3 is 2. The molecule has 0 aliphatic heterocycles. The maximum absolute atomic E-state index is 5.55. The maximum Gasteiger partial charge on any atom is 0.161 e. The number of halogens is 1. The van der Waals surface area contributed by atoms with Crippen LogP contribution in [0.1, 0.15) is 12.5 Å². The average Bonchev–Trinajstić information content (AvgIpc) is 2.43. The molecule has 0 heterocycles. The molecule has 0 amide bonds. The Kier molecular flexibility index (Phi) is 6.61. The zero-order chi connectivity index (χ0) is 13.4. The van der Waals surface area contributed by atoms with Gasteiger partial charge in [-0.05, 0) is 24.2 Å². The minimum absolute atomic E-state index is 0.755. The summed E-state index contributed by atoms with van der Waals surface area (Å²) in [7, 11) is 3.29. The number of nitrogens with zero attached hydrogens (tertiary/aromatic N) is 1. The fourth-order valence-electron chi connectivity index (χ4n) is 1.73. The van der Waals surface area contributed by atoms with Gasteiger partial charge >= 0.3 is 0 Å². The third-order valence-corrected chi connectivity index (χ3v) is 2.93. The lowest BCUT2D eigenvalue weighted by atomic mass is 10.2. The number of rotatable bonds is 7. The smallest absolute Gasteiger partial charge is 0.161 e. The van der Waals surface area contributed by atoms with Crippen molar-refractivity contribution in [2.45, 2.75) is 13.5 Å². The molecule has 0 spiro atoms. The quantitative estimate of drug-likeness (QED) is 0.758. The van der Waals surface area contributed by atoms with E-state index in [1.165, 1.54) is 5.56 Å². The molecule has 0 radical (unpaired) electrons. The molecule has 0 saturated heterocycles. The molecule has 0 N–H and O–H groups in total. The van der Waals surface area contributed by atoms with Gasteiger partial charge in [0.15, 0.2) is 11.5 Å². The Labute approximate surface area is 114 Å². The van der Waals surface area contributed by atoms with Crippen molar-refractivity contribution in [1.29, 1.82) is 0 Å². The topological polar surface area (TPSA) is 21.7 Å². The number of hydrogen-bond acceptors (Lipinski definition) is 3. The summed E-state index contributed by atoms with van der Waals surface area (Å²) >= 11 is 5.55. The van der Waals surface area contributed by atoms with Crippen LogP contribution in [-0.2, 0) is 6.54 Å². The van der Waals surface area contributed by atoms with E-state index < -0.39 is 0 Å². The van der Waals surface area contributed by atoms with Crippen LogP contribution in [0.3, 0.4) is 0 Å². The molecule has 3 nitrogen and oxygen atoms in total. The van der Waals surface area contributed by atoms with Crippen LogP contribution in [0.5, 0.6) is 11.5 Å². The molecule has 0 unspecified atom stereocenters. The average molecular weight is 270 g/mol. The monoisotopic (exact) mass is 269 g/mol. The van der Waals surface area contributed by atoms with Gasteiger partial charge in [-0.1, -0.05) is 30.7 Å². The highest BCUT2D eigenvalue weighted by Gasteiger charge is 2.07. The van der Waals surface area contributed by atoms with Crippen LogP contribution >= 0.6 is 11.6 Å². The molecule has 1 aromatic carbocycles. The van der Waals surface area contributed by atoms with E-state index in [1.807, 2.05) is 18.2 Å². The van der Waals surface area contributed by atoms with Gasteiger partial charge in [-0.2, -0.15) is 0 Å². The van der Waals surface area contributed by atoms with E-state index in [9.17, 15) is 0 Å². The van der Waals surface area contributed by atoms with Crippen LogP contribution in [0.4, 0.5) is 0 Å². The minimum atomic E-state index is 0.755. The van der Waals surface area contributed by atoms with Crippen LogP contribution in [0, 0.1) is 0 Å². The molecule has 1 aromatic rings. The molecule has 0 fully saturated rings. The standard InChI is InChI=1S/C14H20ClNO2/c1-4-16(9-5-8-15)11-12-6-7-13(17-2)14(10-12)18-3/h5-8,10H,4,9,11H2,1-3H3/b8-5+. The fraction of sp³-hybridized carbons (Fsp3) is 0.429. The van der Waals surface area contributed by atoms with Gasteiger partial charge < -0.3 is 9.47 Å². The van der Waals surface area contributed by atoms with Gasteiger partial charge in [-0.25, -0.2) is 0 Å². The largest absolute Gasteiger partial charge is 0.493 e. The van der Waals surface area contributed by atoms with Gasteiger partial charge in [-0.3, -0.25) is 4.90 Å². The second-order valence-electron chi connectivity index (χ2n) is 3.88. The van der Waals surface area contributed by atoms with Gasteiger partial charge in [0.25, 0.3) is 0 Å². The van der Waals surface area contributed by atoms with Crippen LogP contribution in [0.25, 0.3) is 0 Å². The van der Waals surface area contributed by atoms with E-state index in [1.54, 1.807) is 19.8 Å². The zero-order valence-corrected chi connectivity index (χ0v) is 11.9. The molecule has 4 heteroatoms. The molecular weight excluding hydrogens is 250 g/mol. The highest BCUT2D eigenvalue weighted by molar-refractivity contribution is 6.25. The Morgan fingerprint density at radius 3 is 2.50 bits per heavy atom. The first-order valence-electron chi connectivity index (χ1n) is 5.93. The summed E-state index contributed by atoms with van der Waals surface area (Å²) in [5.41, 5.74) is 2.74. The summed E-state index contributed by atoms with van der Waals surface area (Å²) in [4.78, 5) is 2.28. The maximum atomic E-state index is 5.55. The predicted molar refractivity (Wildman–Crippen MR) is 75.5 cm³/mol. The lowest BCUT2D eigenvalue weighted by Gasteiger charge is -2.19. The SMILES string of the molecule is CCN(C/C=C/Cl)Cc1ccc(OC)c(OC)c1. The summed E-state index contributed by atoms with van der Waals surface area (Å²) in [6.45, 7) is 4.80. The first-order valence-corrected chi connectivity index (χ1v) is 6.37. The fourth-order valence-corrected chi connectivity index (χ4v) is 1.81. The summed E-state index contributed by atoms with van der Waals surface area (Å²) in [5.74, 6) is 1.52. The van der Waals surface area contributed by atoms with E-state index in [0.29, 0.717) is 0 Å². The number of hydrogen-bond donors (Lipinski definition) is 0. The molecule has 0 aromatic heterocycles. The Bertz CT molecular complexity index is 393. The van der Waals surface area contributed by atoms with Crippen LogP contribution in [0.2, 0.25) is 0 Å². The second-order valence-corrected chi connectivity index (χ2v) is 4.13. The highest BCUT2D eigenvalue weighted by atomic mass is 35.5. The molecule has 0 aliphatic rings. The molecule has 0 bridgehead atoms. The molecule has 0 saturated carbocycles. The summed E-state index contributed by atoms with van der Waals surface area (Å²) in [6, 6.07) is 5.99. The first kappa shape index (κ1) is 14.9. The lowest BCUT2D eigenvalue weighted by Crippen LogP contribution is -2.22. The van der Waals surface area contributed by atoms with Crippen LogP contribution in [-0.4, -0.2) is 32.2 Å². The van der Waals surface area contributed by atoms with E-state index in [4.69, 9.17) is 21.1 Å². The lowest BCUT2D eigenvalue weighted by molar-refractivity contribution is 0.309. The van der Waals surface area contributed by atoms with Crippen molar-refractivity contribution in [1.82, 2.24) is 4.90 Å². The third kappa shape index (κ3) is 4.24. The Balaban J connectivity index is 2.77. The van der Waals surface area contributed by atoms with Crippen LogP contribution < -0.4 is 9.47 Å². The molecular formula is C14H20ClNO2. The van der Waals surface area contributed by atoms with Crippen molar-refractivity contribution >= 4 is 11.6 Å².